The van der Waals surface area contributed by atoms with E-state index in [2.05, 4.69) is 0 Å². The summed E-state index contributed by atoms with van der Waals surface area (Å²) in [4.78, 5) is 0. The van der Waals surface area contributed by atoms with Gasteiger partial charge in [-0.3, -0.25) is 0 Å². The fourth-order valence-corrected chi connectivity index (χ4v) is 1.27. The van der Waals surface area contributed by atoms with Crippen LogP contribution in [0.15, 0.2) is 18.2 Å². The summed E-state index contributed by atoms with van der Waals surface area (Å²) in [5, 5.41) is 0. The van der Waals surface area contributed by atoms with Crippen molar-refractivity contribution in [1.82, 2.24) is 0 Å². The average molecular weight is 164 g/mol. The highest BCUT2D eigenvalue weighted by molar-refractivity contribution is 5.53. The van der Waals surface area contributed by atoms with Crippen molar-refractivity contribution in [3.05, 3.63) is 29.3 Å². The topological polar surface area (TPSA) is 52.0 Å². The van der Waals surface area contributed by atoms with Crippen molar-refractivity contribution in [1.29, 1.82) is 0 Å². The smallest absolute Gasteiger partial charge is 0.0376 e. The van der Waals surface area contributed by atoms with E-state index in [0.717, 1.165) is 23.2 Å². The Morgan fingerprint density at radius 2 is 2.08 bits per heavy atom. The van der Waals surface area contributed by atoms with E-state index in [1.807, 2.05) is 32.0 Å². The Morgan fingerprint density at radius 1 is 1.42 bits per heavy atom. The second-order valence-electron chi connectivity index (χ2n) is 3.33. The van der Waals surface area contributed by atoms with Gasteiger partial charge in [0.25, 0.3) is 0 Å². The van der Waals surface area contributed by atoms with Crippen molar-refractivity contribution in [3.63, 3.8) is 0 Å². The van der Waals surface area contributed by atoms with Crippen molar-refractivity contribution in [2.24, 2.45) is 5.73 Å². The van der Waals surface area contributed by atoms with Crippen LogP contribution in [0, 0.1) is 6.92 Å². The van der Waals surface area contributed by atoms with E-state index >= 15 is 0 Å². The van der Waals surface area contributed by atoms with E-state index < -0.39 is 0 Å². The van der Waals surface area contributed by atoms with Crippen LogP contribution in [-0.2, 0) is 6.42 Å². The standard InChI is InChI=1S/C10H16N2/c1-7-4-3-5-9(10(7)12)6-8(2)11/h3-5,8H,6,11-12H2,1-2H3/t8-/m1/s1. The molecule has 0 unspecified atom stereocenters. The van der Waals surface area contributed by atoms with Crippen LogP contribution in [0.2, 0.25) is 0 Å². The van der Waals surface area contributed by atoms with Crippen LogP contribution in [0.4, 0.5) is 5.69 Å². The van der Waals surface area contributed by atoms with Crippen LogP contribution in [0.25, 0.3) is 0 Å². The molecule has 66 valence electrons. The van der Waals surface area contributed by atoms with Gasteiger partial charge in [-0.05, 0) is 31.4 Å². The van der Waals surface area contributed by atoms with E-state index in [1.54, 1.807) is 0 Å². The first kappa shape index (κ1) is 9.07. The lowest BCUT2D eigenvalue weighted by atomic mass is 10.0. The number of rotatable bonds is 2. The van der Waals surface area contributed by atoms with Crippen molar-refractivity contribution < 1.29 is 0 Å². The first-order chi connectivity index (χ1) is 5.61. The Morgan fingerprint density at radius 3 is 2.67 bits per heavy atom. The Hall–Kier alpha value is -1.02. The van der Waals surface area contributed by atoms with Crippen molar-refractivity contribution in [2.75, 3.05) is 5.73 Å². The van der Waals surface area contributed by atoms with Gasteiger partial charge >= 0.3 is 0 Å². The minimum atomic E-state index is 0.175. The summed E-state index contributed by atoms with van der Waals surface area (Å²) in [5.41, 5.74) is 14.7. The van der Waals surface area contributed by atoms with Crippen LogP contribution < -0.4 is 11.5 Å². The lowest BCUT2D eigenvalue weighted by Gasteiger charge is -2.09. The number of nitrogen functional groups attached to an aromatic ring is 1. The van der Waals surface area contributed by atoms with E-state index in [4.69, 9.17) is 11.5 Å². The van der Waals surface area contributed by atoms with Gasteiger partial charge in [-0.25, -0.2) is 0 Å². The van der Waals surface area contributed by atoms with Gasteiger partial charge in [0.05, 0.1) is 0 Å². The van der Waals surface area contributed by atoms with Gasteiger partial charge < -0.3 is 11.5 Å². The molecule has 0 aliphatic rings. The zero-order chi connectivity index (χ0) is 9.14. The summed E-state index contributed by atoms with van der Waals surface area (Å²) in [7, 11) is 0. The van der Waals surface area contributed by atoms with Crippen molar-refractivity contribution in [2.45, 2.75) is 26.3 Å². The Balaban J connectivity index is 2.92. The molecule has 0 amide bonds. The van der Waals surface area contributed by atoms with Gasteiger partial charge in [0.15, 0.2) is 0 Å². The molecule has 2 heteroatoms. The zero-order valence-electron chi connectivity index (χ0n) is 7.67. The highest BCUT2D eigenvalue weighted by atomic mass is 14.6. The molecule has 0 spiro atoms. The predicted octanol–water partition coefficient (Wildman–Crippen LogP) is 1.47. The van der Waals surface area contributed by atoms with Gasteiger partial charge in [0.1, 0.15) is 0 Å². The van der Waals surface area contributed by atoms with E-state index in [9.17, 15) is 0 Å². The monoisotopic (exact) mass is 164 g/mol. The molecule has 0 aliphatic carbocycles. The molecule has 1 aromatic rings. The molecule has 1 rings (SSSR count). The number of benzene rings is 1. The number of anilines is 1. The summed E-state index contributed by atoms with van der Waals surface area (Å²) in [6.45, 7) is 4.00. The van der Waals surface area contributed by atoms with Gasteiger partial charge in [-0.15, -0.1) is 0 Å². The number of nitrogens with two attached hydrogens (primary N) is 2. The zero-order valence-corrected chi connectivity index (χ0v) is 7.67. The highest BCUT2D eigenvalue weighted by Crippen LogP contribution is 2.17. The fourth-order valence-electron chi connectivity index (χ4n) is 1.27. The predicted molar refractivity (Wildman–Crippen MR) is 52.9 cm³/mol. The number of aryl methyl sites for hydroxylation is 1. The minimum absolute atomic E-state index is 0.175. The highest BCUT2D eigenvalue weighted by Gasteiger charge is 2.03. The Labute approximate surface area is 73.6 Å². The molecule has 0 bridgehead atoms. The van der Waals surface area contributed by atoms with Crippen LogP contribution in [0.3, 0.4) is 0 Å². The normalized spacial score (nSPS) is 12.9. The number of para-hydroxylation sites is 1. The molecule has 0 heterocycles. The quantitative estimate of drug-likeness (QED) is 0.650. The lowest BCUT2D eigenvalue weighted by molar-refractivity contribution is 0.739. The molecule has 0 fully saturated rings. The third-order valence-corrected chi connectivity index (χ3v) is 1.96. The fraction of sp³-hybridized carbons (Fsp3) is 0.400. The third-order valence-electron chi connectivity index (χ3n) is 1.96. The molecule has 0 radical (unpaired) electrons. The van der Waals surface area contributed by atoms with Crippen LogP contribution >= 0.6 is 0 Å². The van der Waals surface area contributed by atoms with Gasteiger partial charge in [-0.2, -0.15) is 0 Å². The molecule has 0 saturated heterocycles. The van der Waals surface area contributed by atoms with Crippen LogP contribution in [0.1, 0.15) is 18.1 Å². The largest absolute Gasteiger partial charge is 0.398 e. The summed E-state index contributed by atoms with van der Waals surface area (Å²) in [5.74, 6) is 0. The SMILES string of the molecule is Cc1cccc(C[C@@H](C)N)c1N. The third kappa shape index (κ3) is 1.98. The molecule has 1 atom stereocenters. The second-order valence-corrected chi connectivity index (χ2v) is 3.33. The molecule has 0 aromatic heterocycles. The van der Waals surface area contributed by atoms with Crippen LogP contribution in [0.5, 0.6) is 0 Å². The molecule has 0 aliphatic heterocycles. The van der Waals surface area contributed by atoms with Gasteiger partial charge in [0.2, 0.25) is 0 Å². The summed E-state index contributed by atoms with van der Waals surface area (Å²) < 4.78 is 0. The maximum Gasteiger partial charge on any atom is 0.0376 e. The molecule has 4 N–H and O–H groups in total. The van der Waals surface area contributed by atoms with Crippen molar-refractivity contribution in [3.8, 4) is 0 Å². The molecule has 1 aromatic carbocycles. The van der Waals surface area contributed by atoms with Crippen LogP contribution in [-0.4, -0.2) is 6.04 Å². The Bertz CT molecular complexity index is 267. The first-order valence-corrected chi connectivity index (χ1v) is 4.21. The number of hydrogen-bond donors (Lipinski definition) is 2. The van der Waals surface area contributed by atoms with Gasteiger partial charge in [-0.1, -0.05) is 18.2 Å². The summed E-state index contributed by atoms with van der Waals surface area (Å²) >= 11 is 0. The first-order valence-electron chi connectivity index (χ1n) is 4.21. The number of hydrogen-bond acceptors (Lipinski definition) is 2. The van der Waals surface area contributed by atoms with Gasteiger partial charge in [0, 0.05) is 11.7 Å². The van der Waals surface area contributed by atoms with E-state index in [0.29, 0.717) is 0 Å². The minimum Gasteiger partial charge on any atom is -0.398 e. The summed E-state index contributed by atoms with van der Waals surface area (Å²) in [6, 6.07) is 6.24. The average Bonchev–Trinajstić information content (AvgIpc) is 1.98. The molecular weight excluding hydrogens is 148 g/mol. The molecule has 0 saturated carbocycles. The molecular formula is C10H16N2. The second kappa shape index (κ2) is 3.59. The molecule has 12 heavy (non-hydrogen) atoms. The van der Waals surface area contributed by atoms with E-state index in [-0.39, 0.29) is 6.04 Å². The molecule has 2 nitrogen and oxygen atoms in total. The lowest BCUT2D eigenvalue weighted by Crippen LogP contribution is -2.18. The van der Waals surface area contributed by atoms with E-state index in [1.165, 1.54) is 0 Å². The maximum absolute atomic E-state index is 5.88. The Kier molecular flexibility index (Phi) is 2.71. The maximum atomic E-state index is 5.88. The summed E-state index contributed by atoms with van der Waals surface area (Å²) in [6.07, 6.45) is 0.855. The van der Waals surface area contributed by atoms with Crippen molar-refractivity contribution >= 4 is 5.69 Å².